The van der Waals surface area contributed by atoms with Gasteiger partial charge in [-0.1, -0.05) is 35.5 Å². The van der Waals surface area contributed by atoms with Crippen LogP contribution in [0.4, 0.5) is 0 Å². The van der Waals surface area contributed by atoms with E-state index < -0.39 is 5.54 Å². The molecule has 2 aromatic rings. The summed E-state index contributed by atoms with van der Waals surface area (Å²) in [6.07, 6.45) is 0. The monoisotopic (exact) mass is 260 g/mol. The fourth-order valence-corrected chi connectivity index (χ4v) is 1.67. The smallest absolute Gasteiger partial charge is 0.244 e. The lowest BCUT2D eigenvalue weighted by atomic mass is 9.92. The first-order valence-electron chi connectivity index (χ1n) is 5.92. The first-order chi connectivity index (χ1) is 9.00. The molecule has 1 atom stereocenters. The minimum Gasteiger partial charge on any atom is -0.347 e. The fourth-order valence-electron chi connectivity index (χ4n) is 1.67. The molecule has 0 radical (unpaired) electrons. The number of nitrogens with two attached hydrogens (primary N) is 1. The molecule has 0 saturated carbocycles. The molecule has 1 aromatic heterocycles. The number of carbonyl (C=O) groups excluding carboxylic acids is 1. The van der Waals surface area contributed by atoms with Gasteiger partial charge in [0, 0.05) is 6.92 Å². The van der Waals surface area contributed by atoms with Gasteiger partial charge >= 0.3 is 0 Å². The maximum atomic E-state index is 12.1. The number of amides is 1. The van der Waals surface area contributed by atoms with Crippen molar-refractivity contribution in [3.8, 4) is 0 Å². The molecule has 1 unspecified atom stereocenters. The summed E-state index contributed by atoms with van der Waals surface area (Å²) in [6.45, 7) is 3.55. The minimum absolute atomic E-state index is 0.190. The van der Waals surface area contributed by atoms with Crippen molar-refractivity contribution in [2.24, 2.45) is 5.73 Å². The van der Waals surface area contributed by atoms with E-state index in [1.807, 2.05) is 30.3 Å². The SMILES string of the molecule is Cc1nc(CNC(=O)C(C)(N)c2ccccc2)no1. The lowest BCUT2D eigenvalue weighted by Crippen LogP contribution is -2.48. The van der Waals surface area contributed by atoms with Crippen LogP contribution in [-0.2, 0) is 16.9 Å². The lowest BCUT2D eigenvalue weighted by molar-refractivity contribution is -0.126. The van der Waals surface area contributed by atoms with Gasteiger partial charge in [-0.05, 0) is 12.5 Å². The Labute approximate surface area is 111 Å². The fraction of sp³-hybridized carbons (Fsp3) is 0.308. The summed E-state index contributed by atoms with van der Waals surface area (Å²) in [6, 6.07) is 9.20. The lowest BCUT2D eigenvalue weighted by Gasteiger charge is -2.23. The number of rotatable bonds is 4. The molecule has 6 heteroatoms. The highest BCUT2D eigenvalue weighted by Crippen LogP contribution is 2.17. The van der Waals surface area contributed by atoms with Crippen LogP contribution in [-0.4, -0.2) is 16.0 Å². The van der Waals surface area contributed by atoms with E-state index >= 15 is 0 Å². The van der Waals surface area contributed by atoms with E-state index in [-0.39, 0.29) is 12.5 Å². The van der Waals surface area contributed by atoms with Gasteiger partial charge in [0.05, 0.1) is 6.54 Å². The molecule has 1 amide bonds. The van der Waals surface area contributed by atoms with Crippen LogP contribution in [0.3, 0.4) is 0 Å². The molecule has 0 fully saturated rings. The third kappa shape index (κ3) is 2.97. The second-order valence-electron chi connectivity index (χ2n) is 4.48. The summed E-state index contributed by atoms with van der Waals surface area (Å²) < 4.78 is 4.82. The first kappa shape index (κ1) is 13.2. The summed E-state index contributed by atoms with van der Waals surface area (Å²) in [4.78, 5) is 16.1. The Morgan fingerprint density at radius 2 is 2.11 bits per heavy atom. The molecular weight excluding hydrogens is 244 g/mol. The van der Waals surface area contributed by atoms with Crippen LogP contribution in [0.15, 0.2) is 34.9 Å². The standard InChI is InChI=1S/C13H16N4O2/c1-9-16-11(17-19-9)8-15-12(18)13(2,14)10-6-4-3-5-7-10/h3-7H,8,14H2,1-2H3,(H,15,18). The van der Waals surface area contributed by atoms with Crippen molar-refractivity contribution >= 4 is 5.91 Å². The van der Waals surface area contributed by atoms with Crippen molar-refractivity contribution in [1.82, 2.24) is 15.5 Å². The molecule has 0 bridgehead atoms. The van der Waals surface area contributed by atoms with Crippen molar-refractivity contribution in [3.05, 3.63) is 47.6 Å². The van der Waals surface area contributed by atoms with Gasteiger partial charge in [0.15, 0.2) is 5.82 Å². The van der Waals surface area contributed by atoms with Crippen LogP contribution in [0.25, 0.3) is 0 Å². The number of nitrogens with zero attached hydrogens (tertiary/aromatic N) is 2. The number of hydrogen-bond acceptors (Lipinski definition) is 5. The molecule has 0 aliphatic rings. The molecule has 100 valence electrons. The molecule has 1 heterocycles. The molecule has 0 saturated heterocycles. The van der Waals surface area contributed by atoms with E-state index in [1.165, 1.54) is 0 Å². The number of benzene rings is 1. The Morgan fingerprint density at radius 1 is 1.42 bits per heavy atom. The van der Waals surface area contributed by atoms with E-state index in [0.29, 0.717) is 11.7 Å². The summed E-state index contributed by atoms with van der Waals surface area (Å²) in [5.41, 5.74) is 5.72. The second-order valence-corrected chi connectivity index (χ2v) is 4.48. The molecule has 2 rings (SSSR count). The number of carbonyl (C=O) groups is 1. The number of aryl methyl sites for hydroxylation is 1. The van der Waals surface area contributed by atoms with Gasteiger partial charge in [0.2, 0.25) is 11.8 Å². The van der Waals surface area contributed by atoms with Crippen LogP contribution >= 0.6 is 0 Å². The summed E-state index contributed by atoms with van der Waals surface area (Å²) in [5, 5.41) is 6.40. The second kappa shape index (κ2) is 5.19. The number of nitrogens with one attached hydrogen (secondary N) is 1. The highest BCUT2D eigenvalue weighted by molar-refractivity contribution is 5.86. The maximum Gasteiger partial charge on any atom is 0.244 e. The van der Waals surface area contributed by atoms with Crippen molar-refractivity contribution in [2.75, 3.05) is 0 Å². The summed E-state index contributed by atoms with van der Waals surface area (Å²) in [5.74, 6) is 0.596. The van der Waals surface area contributed by atoms with Gasteiger partial charge in [-0.25, -0.2) is 0 Å². The van der Waals surface area contributed by atoms with E-state index in [2.05, 4.69) is 15.5 Å². The number of hydrogen-bond donors (Lipinski definition) is 2. The van der Waals surface area contributed by atoms with E-state index in [9.17, 15) is 4.79 Å². The zero-order chi connectivity index (χ0) is 13.9. The molecular formula is C13H16N4O2. The van der Waals surface area contributed by atoms with Crippen molar-refractivity contribution in [3.63, 3.8) is 0 Å². The predicted octanol–water partition coefficient (Wildman–Crippen LogP) is 0.868. The Morgan fingerprint density at radius 3 is 2.68 bits per heavy atom. The third-order valence-corrected chi connectivity index (χ3v) is 2.82. The number of aromatic nitrogens is 2. The largest absolute Gasteiger partial charge is 0.347 e. The zero-order valence-electron chi connectivity index (χ0n) is 10.9. The van der Waals surface area contributed by atoms with Crippen LogP contribution in [0, 0.1) is 6.92 Å². The first-order valence-corrected chi connectivity index (χ1v) is 5.92. The Kier molecular flexibility index (Phi) is 3.62. The van der Waals surface area contributed by atoms with Gasteiger partial charge < -0.3 is 15.6 Å². The summed E-state index contributed by atoms with van der Waals surface area (Å²) >= 11 is 0. The van der Waals surface area contributed by atoms with Crippen LogP contribution < -0.4 is 11.1 Å². The Hall–Kier alpha value is -2.21. The van der Waals surface area contributed by atoms with Gasteiger partial charge in [-0.15, -0.1) is 0 Å². The molecule has 3 N–H and O–H groups in total. The van der Waals surface area contributed by atoms with E-state index in [1.54, 1.807) is 13.8 Å². The van der Waals surface area contributed by atoms with E-state index in [0.717, 1.165) is 5.56 Å². The Bertz CT molecular complexity index is 563. The maximum absolute atomic E-state index is 12.1. The average molecular weight is 260 g/mol. The summed E-state index contributed by atoms with van der Waals surface area (Å²) in [7, 11) is 0. The van der Waals surface area contributed by atoms with Gasteiger partial charge in [-0.3, -0.25) is 4.79 Å². The molecule has 1 aromatic carbocycles. The van der Waals surface area contributed by atoms with Crippen molar-refractivity contribution < 1.29 is 9.32 Å². The minimum atomic E-state index is -1.10. The normalized spacial score (nSPS) is 13.8. The van der Waals surface area contributed by atoms with Crippen LogP contribution in [0.5, 0.6) is 0 Å². The Balaban J connectivity index is 2.03. The van der Waals surface area contributed by atoms with Crippen LogP contribution in [0.2, 0.25) is 0 Å². The van der Waals surface area contributed by atoms with Gasteiger partial charge in [-0.2, -0.15) is 4.98 Å². The molecule has 0 spiro atoms. The predicted molar refractivity (Wildman–Crippen MR) is 68.9 cm³/mol. The average Bonchev–Trinajstić information content (AvgIpc) is 2.82. The van der Waals surface area contributed by atoms with Crippen molar-refractivity contribution in [1.29, 1.82) is 0 Å². The highest BCUT2D eigenvalue weighted by atomic mass is 16.5. The van der Waals surface area contributed by atoms with Crippen LogP contribution in [0.1, 0.15) is 24.2 Å². The third-order valence-electron chi connectivity index (χ3n) is 2.82. The molecule has 0 aliphatic heterocycles. The van der Waals surface area contributed by atoms with E-state index in [4.69, 9.17) is 10.3 Å². The van der Waals surface area contributed by atoms with Gasteiger partial charge in [0.25, 0.3) is 0 Å². The van der Waals surface area contributed by atoms with Gasteiger partial charge in [0.1, 0.15) is 5.54 Å². The highest BCUT2D eigenvalue weighted by Gasteiger charge is 2.30. The quantitative estimate of drug-likeness (QED) is 0.850. The molecule has 6 nitrogen and oxygen atoms in total. The topological polar surface area (TPSA) is 94.0 Å². The molecule has 19 heavy (non-hydrogen) atoms. The van der Waals surface area contributed by atoms with Crippen molar-refractivity contribution in [2.45, 2.75) is 25.9 Å². The zero-order valence-corrected chi connectivity index (χ0v) is 10.9. The molecule has 0 aliphatic carbocycles.